The molecule has 2 rings (SSSR count). The lowest BCUT2D eigenvalue weighted by Gasteiger charge is -2.13. The number of carbonyl (C=O) groups is 1. The summed E-state index contributed by atoms with van der Waals surface area (Å²) in [5.41, 5.74) is -1.05. The van der Waals surface area contributed by atoms with Crippen molar-refractivity contribution in [3.05, 3.63) is 57.3 Å². The topological polar surface area (TPSA) is 42.0 Å². The minimum Gasteiger partial charge on any atom is -0.321 e. The fourth-order valence-electron chi connectivity index (χ4n) is 1.75. The van der Waals surface area contributed by atoms with E-state index in [9.17, 15) is 18.0 Å². The lowest BCUT2D eigenvalue weighted by atomic mass is 10.1. The van der Waals surface area contributed by atoms with Crippen molar-refractivity contribution >= 4 is 34.8 Å². The average Bonchev–Trinajstić information content (AvgIpc) is 2.43. The van der Waals surface area contributed by atoms with Crippen LogP contribution in [-0.4, -0.2) is 10.9 Å². The van der Waals surface area contributed by atoms with E-state index in [1.807, 2.05) is 0 Å². The number of rotatable bonds is 2. The number of aromatic nitrogens is 1. The molecule has 2 aromatic rings. The van der Waals surface area contributed by atoms with Gasteiger partial charge in [0, 0.05) is 11.2 Å². The maximum Gasteiger partial charge on any atom is 0.434 e. The number of anilines is 1. The van der Waals surface area contributed by atoms with Gasteiger partial charge in [-0.2, -0.15) is 13.2 Å². The summed E-state index contributed by atoms with van der Waals surface area (Å²) < 4.78 is 38.6. The Labute approximate surface area is 134 Å². The van der Waals surface area contributed by atoms with Crippen molar-refractivity contribution in [2.45, 2.75) is 13.1 Å². The van der Waals surface area contributed by atoms with Crippen molar-refractivity contribution in [1.82, 2.24) is 4.98 Å². The summed E-state index contributed by atoms with van der Waals surface area (Å²) in [6.45, 7) is 1.71. The van der Waals surface area contributed by atoms with Crippen molar-refractivity contribution < 1.29 is 18.0 Å². The van der Waals surface area contributed by atoms with E-state index < -0.39 is 23.3 Å². The summed E-state index contributed by atoms with van der Waals surface area (Å²) in [6, 6.07) is 5.16. The van der Waals surface area contributed by atoms with E-state index in [1.165, 1.54) is 18.2 Å². The van der Waals surface area contributed by atoms with Crippen LogP contribution in [0.15, 0.2) is 30.5 Å². The molecule has 1 aromatic heterocycles. The summed E-state index contributed by atoms with van der Waals surface area (Å²) in [6.07, 6.45) is -3.77. The molecular weight excluding hydrogens is 340 g/mol. The summed E-state index contributed by atoms with van der Waals surface area (Å²) >= 11 is 11.9. The Kier molecular flexibility index (Phi) is 4.63. The molecule has 0 saturated heterocycles. The molecule has 0 aliphatic rings. The molecular formula is C14H9Cl2F3N2O. The summed E-state index contributed by atoms with van der Waals surface area (Å²) in [7, 11) is 0. The standard InChI is InChI=1S/C14H9Cl2F3N2O/c1-7-5-10(16)11(6-9(7)15)21-13(22)8-3-2-4-20-12(8)14(17,18)19/h2-6H,1H3,(H,21,22). The summed E-state index contributed by atoms with van der Waals surface area (Å²) in [5.74, 6) is -0.970. The number of alkyl halides is 3. The number of nitrogens with one attached hydrogen (secondary N) is 1. The predicted octanol–water partition coefficient (Wildman–Crippen LogP) is 4.97. The van der Waals surface area contributed by atoms with E-state index in [4.69, 9.17) is 23.2 Å². The molecule has 0 atom stereocenters. The molecule has 0 bridgehead atoms. The second-order valence-electron chi connectivity index (χ2n) is 4.43. The predicted molar refractivity (Wildman–Crippen MR) is 78.4 cm³/mol. The van der Waals surface area contributed by atoms with E-state index >= 15 is 0 Å². The molecule has 0 saturated carbocycles. The summed E-state index contributed by atoms with van der Waals surface area (Å²) in [4.78, 5) is 15.3. The highest BCUT2D eigenvalue weighted by Crippen LogP contribution is 2.32. The lowest BCUT2D eigenvalue weighted by Crippen LogP contribution is -2.20. The van der Waals surface area contributed by atoms with Crippen molar-refractivity contribution in [3.63, 3.8) is 0 Å². The van der Waals surface area contributed by atoms with Gasteiger partial charge in [0.25, 0.3) is 5.91 Å². The van der Waals surface area contributed by atoms with Crippen molar-refractivity contribution in [2.75, 3.05) is 5.32 Å². The fraction of sp³-hybridized carbons (Fsp3) is 0.143. The monoisotopic (exact) mass is 348 g/mol. The van der Waals surface area contributed by atoms with Crippen LogP contribution in [-0.2, 0) is 6.18 Å². The number of carbonyl (C=O) groups excluding carboxylic acids is 1. The molecule has 0 aliphatic heterocycles. The van der Waals surface area contributed by atoms with Gasteiger partial charge in [-0.15, -0.1) is 0 Å². The van der Waals surface area contributed by atoms with E-state index in [0.717, 1.165) is 12.3 Å². The highest BCUT2D eigenvalue weighted by molar-refractivity contribution is 6.36. The number of aryl methyl sites for hydroxylation is 1. The van der Waals surface area contributed by atoms with Crippen LogP contribution in [0.25, 0.3) is 0 Å². The van der Waals surface area contributed by atoms with Crippen molar-refractivity contribution in [1.29, 1.82) is 0 Å². The quantitative estimate of drug-likeness (QED) is 0.832. The Morgan fingerprint density at radius 3 is 2.55 bits per heavy atom. The third-order valence-corrected chi connectivity index (χ3v) is 3.54. The Morgan fingerprint density at radius 1 is 1.23 bits per heavy atom. The van der Waals surface area contributed by atoms with Crippen LogP contribution in [0, 0.1) is 6.92 Å². The number of hydrogen-bond donors (Lipinski definition) is 1. The first-order chi connectivity index (χ1) is 10.2. The SMILES string of the molecule is Cc1cc(Cl)c(NC(=O)c2cccnc2C(F)(F)F)cc1Cl. The third-order valence-electron chi connectivity index (χ3n) is 2.82. The Bertz CT molecular complexity index is 733. The fourth-order valence-corrected chi connectivity index (χ4v) is 2.18. The van der Waals surface area contributed by atoms with Gasteiger partial charge in [-0.25, -0.2) is 0 Å². The zero-order chi connectivity index (χ0) is 16.5. The molecule has 0 aliphatic carbocycles. The van der Waals surface area contributed by atoms with Gasteiger partial charge in [0.2, 0.25) is 0 Å². The molecule has 1 aromatic carbocycles. The molecule has 116 valence electrons. The maximum atomic E-state index is 12.9. The maximum absolute atomic E-state index is 12.9. The van der Waals surface area contributed by atoms with Crippen LogP contribution in [0.1, 0.15) is 21.6 Å². The minimum atomic E-state index is -4.73. The van der Waals surface area contributed by atoms with Gasteiger partial charge in [-0.1, -0.05) is 23.2 Å². The second kappa shape index (κ2) is 6.14. The molecule has 0 radical (unpaired) electrons. The largest absolute Gasteiger partial charge is 0.434 e. The van der Waals surface area contributed by atoms with Crippen LogP contribution in [0.4, 0.5) is 18.9 Å². The van der Waals surface area contributed by atoms with Gasteiger partial charge in [-0.05, 0) is 36.8 Å². The van der Waals surface area contributed by atoms with Crippen LogP contribution in [0.3, 0.4) is 0 Å². The normalized spacial score (nSPS) is 11.4. The molecule has 1 heterocycles. The Balaban J connectivity index is 2.37. The van der Waals surface area contributed by atoms with Gasteiger partial charge in [0.15, 0.2) is 5.69 Å². The van der Waals surface area contributed by atoms with Crippen LogP contribution in [0.5, 0.6) is 0 Å². The molecule has 1 amide bonds. The molecule has 0 spiro atoms. The van der Waals surface area contributed by atoms with E-state index in [-0.39, 0.29) is 10.7 Å². The summed E-state index contributed by atoms with van der Waals surface area (Å²) in [5, 5.41) is 2.82. The van der Waals surface area contributed by atoms with Crippen LogP contribution in [0.2, 0.25) is 10.0 Å². The zero-order valence-corrected chi connectivity index (χ0v) is 12.6. The highest BCUT2D eigenvalue weighted by atomic mass is 35.5. The van der Waals surface area contributed by atoms with Crippen molar-refractivity contribution in [3.8, 4) is 0 Å². The molecule has 8 heteroatoms. The lowest BCUT2D eigenvalue weighted by molar-refractivity contribution is -0.141. The average molecular weight is 349 g/mol. The van der Waals surface area contributed by atoms with Gasteiger partial charge in [0.1, 0.15) is 0 Å². The number of benzene rings is 1. The van der Waals surface area contributed by atoms with Gasteiger partial charge >= 0.3 is 6.18 Å². The van der Waals surface area contributed by atoms with Crippen molar-refractivity contribution in [2.24, 2.45) is 0 Å². The van der Waals surface area contributed by atoms with Crippen LogP contribution < -0.4 is 5.32 Å². The molecule has 22 heavy (non-hydrogen) atoms. The van der Waals surface area contributed by atoms with Gasteiger partial charge < -0.3 is 5.32 Å². The Hall–Kier alpha value is -1.79. The molecule has 3 nitrogen and oxygen atoms in total. The molecule has 1 N–H and O–H groups in total. The number of hydrogen-bond acceptors (Lipinski definition) is 2. The first-order valence-corrected chi connectivity index (χ1v) is 6.75. The van der Waals surface area contributed by atoms with Gasteiger partial charge in [0.05, 0.1) is 16.3 Å². The van der Waals surface area contributed by atoms with E-state index in [0.29, 0.717) is 10.6 Å². The smallest absolute Gasteiger partial charge is 0.321 e. The number of nitrogens with zero attached hydrogens (tertiary/aromatic N) is 1. The van der Waals surface area contributed by atoms with E-state index in [2.05, 4.69) is 10.3 Å². The van der Waals surface area contributed by atoms with Crippen LogP contribution >= 0.6 is 23.2 Å². The number of pyridine rings is 1. The molecule has 0 fully saturated rings. The highest BCUT2D eigenvalue weighted by Gasteiger charge is 2.37. The first kappa shape index (κ1) is 16.6. The number of halogens is 5. The number of amides is 1. The molecule has 0 unspecified atom stereocenters. The Morgan fingerprint density at radius 2 is 1.91 bits per heavy atom. The first-order valence-electron chi connectivity index (χ1n) is 5.99. The zero-order valence-electron chi connectivity index (χ0n) is 11.1. The minimum absolute atomic E-state index is 0.124. The van der Waals surface area contributed by atoms with Gasteiger partial charge in [-0.3, -0.25) is 9.78 Å². The third kappa shape index (κ3) is 3.51. The van der Waals surface area contributed by atoms with E-state index in [1.54, 1.807) is 6.92 Å². The second-order valence-corrected chi connectivity index (χ2v) is 5.25.